The minimum atomic E-state index is -0.345. The molecule has 1 aliphatic heterocycles. The lowest BCUT2D eigenvalue weighted by Gasteiger charge is -2.37. The molecule has 2 aliphatic rings. The van der Waals surface area contributed by atoms with Crippen molar-refractivity contribution in [2.24, 2.45) is 5.92 Å². The van der Waals surface area contributed by atoms with Crippen LogP contribution in [0.15, 0.2) is 24.3 Å². The predicted molar refractivity (Wildman–Crippen MR) is 109 cm³/mol. The average molecular weight is 388 g/mol. The second kappa shape index (κ2) is 10.5. The number of carbonyl (C=O) groups is 2. The number of para-hydroxylation sites is 1. The van der Waals surface area contributed by atoms with Gasteiger partial charge in [0.2, 0.25) is 11.8 Å². The third-order valence-corrected chi connectivity index (χ3v) is 5.95. The van der Waals surface area contributed by atoms with Gasteiger partial charge in [-0.2, -0.15) is 0 Å². The van der Waals surface area contributed by atoms with Crippen LogP contribution in [0.2, 0.25) is 0 Å². The summed E-state index contributed by atoms with van der Waals surface area (Å²) in [4.78, 5) is 27.1. The summed E-state index contributed by atoms with van der Waals surface area (Å²) in [7, 11) is 1.65. The summed E-state index contributed by atoms with van der Waals surface area (Å²) in [6, 6.07) is 7.48. The lowest BCUT2D eigenvalue weighted by Crippen LogP contribution is -2.57. The summed E-state index contributed by atoms with van der Waals surface area (Å²) in [5.41, 5.74) is 1.07. The van der Waals surface area contributed by atoms with Gasteiger partial charge < -0.3 is 15.4 Å². The minimum absolute atomic E-state index is 0.0121. The molecule has 1 aromatic carbocycles. The quantitative estimate of drug-likeness (QED) is 0.717. The van der Waals surface area contributed by atoms with Gasteiger partial charge in [-0.3, -0.25) is 14.5 Å². The monoisotopic (exact) mass is 387 g/mol. The molecule has 28 heavy (non-hydrogen) atoms. The van der Waals surface area contributed by atoms with Gasteiger partial charge in [0.15, 0.2) is 0 Å². The van der Waals surface area contributed by atoms with Crippen LogP contribution in [0.3, 0.4) is 0 Å². The van der Waals surface area contributed by atoms with Crippen molar-refractivity contribution in [1.29, 1.82) is 0 Å². The summed E-state index contributed by atoms with van der Waals surface area (Å²) < 4.78 is 5.35. The summed E-state index contributed by atoms with van der Waals surface area (Å²) >= 11 is 0. The highest BCUT2D eigenvalue weighted by atomic mass is 16.5. The number of ether oxygens (including phenoxy) is 1. The fourth-order valence-corrected chi connectivity index (χ4v) is 4.40. The average Bonchev–Trinajstić information content (AvgIpc) is 2.72. The van der Waals surface area contributed by atoms with E-state index >= 15 is 0 Å². The topological polar surface area (TPSA) is 70.7 Å². The van der Waals surface area contributed by atoms with Gasteiger partial charge in [0.1, 0.15) is 5.75 Å². The number of nitrogens with zero attached hydrogens (tertiary/aromatic N) is 1. The van der Waals surface area contributed by atoms with Gasteiger partial charge in [0, 0.05) is 26.2 Å². The van der Waals surface area contributed by atoms with E-state index in [1.165, 1.54) is 32.1 Å². The molecule has 2 N–H and O–H groups in total. The maximum Gasteiger partial charge on any atom is 0.237 e. The number of hydrogen-bond donors (Lipinski definition) is 2. The van der Waals surface area contributed by atoms with Crippen molar-refractivity contribution >= 4 is 11.8 Å². The molecule has 1 aromatic rings. The van der Waals surface area contributed by atoms with Crippen LogP contribution >= 0.6 is 0 Å². The van der Waals surface area contributed by atoms with E-state index in [-0.39, 0.29) is 24.3 Å². The largest absolute Gasteiger partial charge is 0.496 e. The summed E-state index contributed by atoms with van der Waals surface area (Å²) in [5.74, 6) is 1.42. The first-order chi connectivity index (χ1) is 13.7. The Kier molecular flexibility index (Phi) is 7.71. The maximum atomic E-state index is 12.5. The summed E-state index contributed by atoms with van der Waals surface area (Å²) in [6.45, 7) is 2.99. The zero-order chi connectivity index (χ0) is 19.8. The Labute approximate surface area is 168 Å². The molecule has 6 heteroatoms. The van der Waals surface area contributed by atoms with Crippen molar-refractivity contribution < 1.29 is 14.3 Å². The molecule has 0 aromatic heterocycles. The third kappa shape index (κ3) is 5.71. The number of nitrogens with one attached hydrogen (secondary N) is 2. The van der Waals surface area contributed by atoms with E-state index in [9.17, 15) is 9.59 Å². The molecule has 2 amide bonds. The van der Waals surface area contributed by atoms with Crippen LogP contribution in [-0.4, -0.2) is 56.0 Å². The first-order valence-electron chi connectivity index (χ1n) is 10.6. The van der Waals surface area contributed by atoms with Crippen LogP contribution in [0.25, 0.3) is 0 Å². The molecular formula is C22H33N3O3. The van der Waals surface area contributed by atoms with Gasteiger partial charge in [-0.25, -0.2) is 0 Å². The first kappa shape index (κ1) is 20.6. The maximum absolute atomic E-state index is 12.5. The highest BCUT2D eigenvalue weighted by molar-refractivity contribution is 5.88. The number of methoxy groups -OCH3 is 1. The Morgan fingerprint density at radius 3 is 2.82 bits per heavy atom. The van der Waals surface area contributed by atoms with Crippen LogP contribution in [-0.2, 0) is 16.0 Å². The highest BCUT2D eigenvalue weighted by Crippen LogP contribution is 2.26. The second-order valence-corrected chi connectivity index (χ2v) is 7.92. The SMILES string of the molecule is COc1ccccc1CCNC(=O)CC1C(=O)NCCN1CC1CCCCC1. The highest BCUT2D eigenvalue weighted by Gasteiger charge is 2.33. The molecular weight excluding hydrogens is 354 g/mol. The predicted octanol–water partition coefficient (Wildman–Crippen LogP) is 2.12. The Morgan fingerprint density at radius 2 is 2.04 bits per heavy atom. The number of hydrogen-bond acceptors (Lipinski definition) is 4. The fourth-order valence-electron chi connectivity index (χ4n) is 4.40. The number of benzene rings is 1. The molecule has 1 unspecified atom stereocenters. The van der Waals surface area contributed by atoms with Gasteiger partial charge in [0.05, 0.1) is 19.6 Å². The Balaban J connectivity index is 1.49. The van der Waals surface area contributed by atoms with Crippen molar-refractivity contribution in [1.82, 2.24) is 15.5 Å². The Morgan fingerprint density at radius 1 is 1.25 bits per heavy atom. The van der Waals surface area contributed by atoms with Crippen molar-refractivity contribution in [3.63, 3.8) is 0 Å². The van der Waals surface area contributed by atoms with Crippen LogP contribution < -0.4 is 15.4 Å². The van der Waals surface area contributed by atoms with E-state index in [2.05, 4.69) is 15.5 Å². The minimum Gasteiger partial charge on any atom is -0.496 e. The third-order valence-electron chi connectivity index (χ3n) is 5.95. The molecule has 1 heterocycles. The van der Waals surface area contributed by atoms with Crippen molar-refractivity contribution in [3.05, 3.63) is 29.8 Å². The molecule has 1 saturated carbocycles. The summed E-state index contributed by atoms with van der Waals surface area (Å²) in [5, 5.41) is 5.90. The zero-order valence-electron chi connectivity index (χ0n) is 16.9. The Bertz CT molecular complexity index is 658. The van der Waals surface area contributed by atoms with Crippen molar-refractivity contribution in [2.75, 3.05) is 33.3 Å². The lowest BCUT2D eigenvalue weighted by molar-refractivity contribution is -0.134. The van der Waals surface area contributed by atoms with Gasteiger partial charge in [0.25, 0.3) is 0 Å². The van der Waals surface area contributed by atoms with Crippen LogP contribution in [0.4, 0.5) is 0 Å². The molecule has 2 fully saturated rings. The van der Waals surface area contributed by atoms with Crippen LogP contribution in [0, 0.1) is 5.92 Å². The van der Waals surface area contributed by atoms with E-state index < -0.39 is 0 Å². The molecule has 0 bridgehead atoms. The molecule has 1 aliphatic carbocycles. The normalized spacial score (nSPS) is 21.2. The number of amides is 2. The van der Waals surface area contributed by atoms with E-state index in [1.807, 2.05) is 24.3 Å². The zero-order valence-corrected chi connectivity index (χ0v) is 16.9. The second-order valence-electron chi connectivity index (χ2n) is 7.92. The fraction of sp³-hybridized carbons (Fsp3) is 0.636. The standard InChI is InChI=1S/C22H33N3O3/c1-28-20-10-6-5-9-18(20)11-12-23-21(26)15-19-22(27)24-13-14-25(19)16-17-7-3-2-4-8-17/h5-6,9-10,17,19H,2-4,7-8,11-16H2,1H3,(H,23,26)(H,24,27). The smallest absolute Gasteiger partial charge is 0.237 e. The van der Waals surface area contributed by atoms with Crippen LogP contribution in [0.1, 0.15) is 44.1 Å². The van der Waals surface area contributed by atoms with Gasteiger partial charge in [-0.15, -0.1) is 0 Å². The number of rotatable bonds is 8. The van der Waals surface area contributed by atoms with Gasteiger partial charge in [-0.1, -0.05) is 37.5 Å². The van der Waals surface area contributed by atoms with Crippen molar-refractivity contribution in [2.45, 2.75) is 51.0 Å². The van der Waals surface area contributed by atoms with E-state index in [1.54, 1.807) is 7.11 Å². The molecule has 154 valence electrons. The molecule has 1 atom stereocenters. The lowest BCUT2D eigenvalue weighted by atomic mass is 9.88. The molecule has 0 radical (unpaired) electrons. The van der Waals surface area contributed by atoms with E-state index in [0.29, 0.717) is 25.4 Å². The molecule has 3 rings (SSSR count). The van der Waals surface area contributed by atoms with Crippen molar-refractivity contribution in [3.8, 4) is 5.75 Å². The molecule has 6 nitrogen and oxygen atoms in total. The Hall–Kier alpha value is -2.08. The summed E-state index contributed by atoms with van der Waals surface area (Å²) in [6.07, 6.45) is 7.33. The van der Waals surface area contributed by atoms with Crippen LogP contribution in [0.5, 0.6) is 5.75 Å². The molecule has 1 saturated heterocycles. The first-order valence-corrected chi connectivity index (χ1v) is 10.6. The van der Waals surface area contributed by atoms with Gasteiger partial charge in [-0.05, 0) is 36.8 Å². The van der Waals surface area contributed by atoms with E-state index in [0.717, 1.165) is 24.4 Å². The molecule has 0 spiro atoms. The number of carbonyl (C=O) groups excluding carboxylic acids is 2. The van der Waals surface area contributed by atoms with E-state index in [4.69, 9.17) is 4.74 Å². The van der Waals surface area contributed by atoms with Gasteiger partial charge >= 0.3 is 0 Å². The number of piperazine rings is 1.